The average molecular weight is 733 g/mol. The van der Waals surface area contributed by atoms with Gasteiger partial charge in [-0.3, -0.25) is 14.6 Å². The predicted molar refractivity (Wildman–Crippen MR) is 176 cm³/mol. The van der Waals surface area contributed by atoms with Crippen molar-refractivity contribution in [1.82, 2.24) is 34.7 Å². The summed E-state index contributed by atoms with van der Waals surface area (Å²) in [6.07, 6.45) is 1.59. The number of aromatic nitrogens is 7. The Morgan fingerprint density at radius 3 is 2.49 bits per heavy atom. The lowest BCUT2D eigenvalue weighted by Crippen LogP contribution is -2.37. The molecular weight excluding hydrogens is 704 g/mol. The van der Waals surface area contributed by atoms with Gasteiger partial charge in [0.1, 0.15) is 30.0 Å². The van der Waals surface area contributed by atoms with Crippen molar-refractivity contribution in [3.05, 3.63) is 53.7 Å². The molecule has 1 atom stereocenters. The van der Waals surface area contributed by atoms with E-state index in [4.69, 9.17) is 9.47 Å². The summed E-state index contributed by atoms with van der Waals surface area (Å²) in [5.74, 6) is 0.257. The summed E-state index contributed by atoms with van der Waals surface area (Å²) in [5, 5.41) is 10.9. The van der Waals surface area contributed by atoms with Gasteiger partial charge in [-0.25, -0.2) is 13.8 Å². The summed E-state index contributed by atoms with van der Waals surface area (Å²) >= 11 is 3.45. The van der Waals surface area contributed by atoms with Crippen LogP contribution in [0.2, 0.25) is 0 Å². The number of ether oxygens (including phenoxy) is 2. The monoisotopic (exact) mass is 732 g/mol. The van der Waals surface area contributed by atoms with E-state index in [1.807, 2.05) is 4.90 Å². The fraction of sp³-hybridized carbons (Fsp3) is 0.310. The molecular formula is C29H29BrF3N10O3P. The van der Waals surface area contributed by atoms with Crippen molar-refractivity contribution in [2.75, 3.05) is 55.2 Å². The SMILES string of the molecule is Cn1cc(-c2cc(Nc3ncc(Br)c(Nc4ccc5nccnc5c4P(C)(C)=O)n3)c(OC(F)C(F)F)nc2N2CCOCC2)cn1. The second-order valence-electron chi connectivity index (χ2n) is 10.9. The molecule has 1 aliphatic rings. The van der Waals surface area contributed by atoms with Crippen molar-refractivity contribution in [2.45, 2.75) is 12.8 Å². The fourth-order valence-corrected chi connectivity index (χ4v) is 6.73. The number of nitrogens with one attached hydrogen (secondary N) is 2. The molecule has 1 aliphatic heterocycles. The van der Waals surface area contributed by atoms with E-state index in [1.54, 1.807) is 61.8 Å². The van der Waals surface area contributed by atoms with Gasteiger partial charge in [-0.05, 0) is 47.5 Å². The van der Waals surface area contributed by atoms with Crippen LogP contribution in [0.1, 0.15) is 0 Å². The van der Waals surface area contributed by atoms with Crippen LogP contribution in [-0.2, 0) is 16.3 Å². The highest BCUT2D eigenvalue weighted by Gasteiger charge is 2.28. The van der Waals surface area contributed by atoms with Crippen LogP contribution in [0.5, 0.6) is 5.88 Å². The third-order valence-corrected chi connectivity index (χ3v) is 9.22. The normalized spacial score (nSPS) is 14.4. The molecule has 47 heavy (non-hydrogen) atoms. The third-order valence-electron chi connectivity index (χ3n) is 7.11. The molecule has 13 nitrogen and oxygen atoms in total. The molecule has 0 saturated carbocycles. The maximum Gasteiger partial charge on any atom is 0.304 e. The summed E-state index contributed by atoms with van der Waals surface area (Å²) in [6.45, 7) is 5.05. The molecule has 18 heteroatoms. The molecule has 5 heterocycles. The van der Waals surface area contributed by atoms with Gasteiger partial charge in [0.25, 0.3) is 6.36 Å². The van der Waals surface area contributed by atoms with Gasteiger partial charge in [-0.15, -0.1) is 0 Å². The molecule has 246 valence electrons. The maximum absolute atomic E-state index is 14.4. The number of pyridine rings is 1. The first-order valence-corrected chi connectivity index (χ1v) is 17.7. The number of rotatable bonds is 10. The molecule has 1 aromatic carbocycles. The van der Waals surface area contributed by atoms with Crippen LogP contribution < -0.4 is 25.6 Å². The minimum Gasteiger partial charge on any atom is -0.435 e. The number of hydrogen-bond donors (Lipinski definition) is 2. The Balaban J connectivity index is 1.42. The molecule has 1 saturated heterocycles. The van der Waals surface area contributed by atoms with E-state index in [-0.39, 0.29) is 17.5 Å². The number of nitrogens with zero attached hydrogens (tertiary/aromatic N) is 8. The van der Waals surface area contributed by atoms with Crippen LogP contribution in [0.25, 0.3) is 22.2 Å². The molecule has 0 bridgehead atoms. The lowest BCUT2D eigenvalue weighted by Gasteiger charge is -2.30. The van der Waals surface area contributed by atoms with Crippen LogP contribution in [0.3, 0.4) is 0 Å². The van der Waals surface area contributed by atoms with E-state index in [2.05, 4.69) is 56.6 Å². The van der Waals surface area contributed by atoms with Gasteiger partial charge in [0, 0.05) is 56.1 Å². The summed E-state index contributed by atoms with van der Waals surface area (Å²) in [4.78, 5) is 24.1. The topological polar surface area (TPSA) is 145 Å². The number of benzene rings is 1. The first-order valence-electron chi connectivity index (χ1n) is 14.3. The minimum atomic E-state index is -3.41. The molecule has 4 aromatic heterocycles. The first-order chi connectivity index (χ1) is 22.5. The van der Waals surface area contributed by atoms with E-state index < -0.39 is 25.8 Å². The first kappa shape index (κ1) is 32.6. The molecule has 0 spiro atoms. The van der Waals surface area contributed by atoms with Crippen LogP contribution >= 0.6 is 23.1 Å². The Hall–Kier alpha value is -4.34. The fourth-order valence-electron chi connectivity index (χ4n) is 5.04. The lowest BCUT2D eigenvalue weighted by atomic mass is 10.1. The summed E-state index contributed by atoms with van der Waals surface area (Å²) < 4.78 is 67.1. The Morgan fingerprint density at radius 2 is 1.79 bits per heavy atom. The van der Waals surface area contributed by atoms with Gasteiger partial charge in [-0.1, -0.05) is 0 Å². The number of hydrogen-bond acceptors (Lipinski definition) is 12. The largest absolute Gasteiger partial charge is 0.435 e. The summed E-state index contributed by atoms with van der Waals surface area (Å²) in [5.41, 5.74) is 2.86. The molecule has 5 aromatic rings. The second-order valence-corrected chi connectivity index (χ2v) is 14.9. The van der Waals surface area contributed by atoms with E-state index >= 15 is 0 Å². The third kappa shape index (κ3) is 7.16. The van der Waals surface area contributed by atoms with E-state index in [9.17, 15) is 17.7 Å². The number of fused-ring (bicyclic) bond motifs is 1. The highest BCUT2D eigenvalue weighted by atomic mass is 79.9. The molecule has 0 amide bonds. The molecule has 0 radical (unpaired) electrons. The highest BCUT2D eigenvalue weighted by Crippen LogP contribution is 2.42. The average Bonchev–Trinajstić information content (AvgIpc) is 3.48. The van der Waals surface area contributed by atoms with Crippen LogP contribution in [-0.4, -0.2) is 87.1 Å². The second kappa shape index (κ2) is 13.4. The van der Waals surface area contributed by atoms with Gasteiger partial charge in [0.15, 0.2) is 0 Å². The Morgan fingerprint density at radius 1 is 1.02 bits per heavy atom. The lowest BCUT2D eigenvalue weighted by molar-refractivity contribution is -0.0685. The van der Waals surface area contributed by atoms with Gasteiger partial charge in [0.2, 0.25) is 11.8 Å². The Kier molecular flexibility index (Phi) is 9.30. The van der Waals surface area contributed by atoms with Gasteiger partial charge in [-0.2, -0.15) is 19.5 Å². The number of anilines is 5. The van der Waals surface area contributed by atoms with Gasteiger partial charge in [0.05, 0.1) is 40.4 Å². The van der Waals surface area contributed by atoms with Crippen LogP contribution in [0, 0.1) is 0 Å². The molecule has 2 N–H and O–H groups in total. The van der Waals surface area contributed by atoms with Crippen molar-refractivity contribution in [1.29, 1.82) is 0 Å². The zero-order valence-corrected chi connectivity index (χ0v) is 27.8. The van der Waals surface area contributed by atoms with E-state index in [0.717, 1.165) is 0 Å². The Labute approximate surface area is 275 Å². The van der Waals surface area contributed by atoms with E-state index in [1.165, 1.54) is 12.4 Å². The predicted octanol–water partition coefficient (Wildman–Crippen LogP) is 5.49. The number of aryl methyl sites for hydroxylation is 1. The van der Waals surface area contributed by atoms with Crippen molar-refractivity contribution in [3.8, 4) is 17.0 Å². The minimum absolute atomic E-state index is 0.00405. The van der Waals surface area contributed by atoms with Gasteiger partial charge >= 0.3 is 6.43 Å². The summed E-state index contributed by atoms with van der Waals surface area (Å²) in [7, 11) is -1.12. The zero-order valence-electron chi connectivity index (χ0n) is 25.4. The standard InChI is InChI=1S/C29H29BrF3N10O3P/c1-42-15-16(13-37-42)17-12-21(28(46-25(33)24(31)32)41-27(17)43-8-10-45-11-9-43)39-29-36-14-18(30)26(40-29)38-20-5-4-19-22(35-7-6-34-19)23(20)47(2,3)44/h4-7,12-15,24-25H,8-11H2,1-3H3,(H2,36,38,39,40). The Bertz CT molecular complexity index is 1970. The zero-order chi connectivity index (χ0) is 33.3. The number of alkyl halides is 3. The van der Waals surface area contributed by atoms with Crippen LogP contribution in [0.15, 0.2) is 53.7 Å². The maximum atomic E-state index is 14.4. The smallest absolute Gasteiger partial charge is 0.304 e. The van der Waals surface area contributed by atoms with Crippen molar-refractivity contribution in [2.24, 2.45) is 7.05 Å². The van der Waals surface area contributed by atoms with Crippen molar-refractivity contribution in [3.63, 3.8) is 0 Å². The molecule has 1 fully saturated rings. The van der Waals surface area contributed by atoms with Crippen molar-refractivity contribution >= 4 is 68.4 Å². The number of halogens is 4. The van der Waals surface area contributed by atoms with Crippen LogP contribution in [0.4, 0.5) is 42.1 Å². The van der Waals surface area contributed by atoms with E-state index in [0.29, 0.717) is 69.7 Å². The van der Waals surface area contributed by atoms with Gasteiger partial charge < -0.3 is 29.6 Å². The summed E-state index contributed by atoms with van der Waals surface area (Å²) in [6, 6.07) is 5.09. The molecule has 0 aliphatic carbocycles. The highest BCUT2D eigenvalue weighted by molar-refractivity contribution is 9.10. The molecule has 6 rings (SSSR count). The van der Waals surface area contributed by atoms with Crippen molar-refractivity contribution < 1.29 is 27.2 Å². The number of morpholine rings is 1. The molecule has 1 unspecified atom stereocenters. The quantitative estimate of drug-likeness (QED) is 0.175.